The second kappa shape index (κ2) is 5.06. The van der Waals surface area contributed by atoms with E-state index in [0.717, 1.165) is 0 Å². The van der Waals surface area contributed by atoms with E-state index >= 15 is 0 Å². The quantitative estimate of drug-likeness (QED) is 0.440. The monoisotopic (exact) mass is 325 g/mol. The highest BCUT2D eigenvalue weighted by Crippen LogP contribution is 2.41. The van der Waals surface area contributed by atoms with Crippen LogP contribution in [0.15, 0.2) is 66.7 Å². The lowest BCUT2D eigenvalue weighted by Gasteiger charge is -2.21. The van der Waals surface area contributed by atoms with Gasteiger partial charge in [0.2, 0.25) is 0 Å². The molecule has 2 nitrogen and oxygen atoms in total. The van der Waals surface area contributed by atoms with Crippen LogP contribution in [0.4, 0.5) is 0 Å². The summed E-state index contributed by atoms with van der Waals surface area (Å²) < 4.78 is 4.80. The lowest BCUT2D eigenvalue weighted by molar-refractivity contribution is -0.633. The van der Waals surface area contributed by atoms with E-state index in [1.165, 1.54) is 44.8 Å². The SMILES string of the molecule is Cc1ccccc1-c1n2c3c(cccc3[n+]1C)C(C)c1ccccc1-2. The van der Waals surface area contributed by atoms with Crippen LogP contribution in [0.2, 0.25) is 0 Å². The Labute approximate surface area is 148 Å². The van der Waals surface area contributed by atoms with Gasteiger partial charge in [-0.2, -0.15) is 4.57 Å². The molecule has 25 heavy (non-hydrogen) atoms. The number of hydrogen-bond acceptors (Lipinski definition) is 0. The molecule has 1 aliphatic heterocycles. The number of aryl methyl sites for hydroxylation is 2. The summed E-state index contributed by atoms with van der Waals surface area (Å²) in [7, 11) is 2.18. The fourth-order valence-corrected chi connectivity index (χ4v) is 4.37. The van der Waals surface area contributed by atoms with Crippen molar-refractivity contribution in [1.82, 2.24) is 4.57 Å². The van der Waals surface area contributed by atoms with Gasteiger partial charge in [0.05, 0.1) is 12.6 Å². The lowest BCUT2D eigenvalue weighted by atomic mass is 9.88. The van der Waals surface area contributed by atoms with Crippen molar-refractivity contribution in [3.8, 4) is 17.1 Å². The lowest BCUT2D eigenvalue weighted by Crippen LogP contribution is -2.30. The molecule has 1 unspecified atom stereocenters. The van der Waals surface area contributed by atoms with Crippen molar-refractivity contribution in [1.29, 1.82) is 0 Å². The number of fused-ring (bicyclic) bond motifs is 2. The summed E-state index contributed by atoms with van der Waals surface area (Å²) in [6.45, 7) is 4.51. The summed E-state index contributed by atoms with van der Waals surface area (Å²) in [5.41, 5.74) is 9.33. The molecular weight excluding hydrogens is 304 g/mol. The van der Waals surface area contributed by atoms with Crippen LogP contribution >= 0.6 is 0 Å². The molecule has 4 aromatic rings. The summed E-state index contributed by atoms with van der Waals surface area (Å²) >= 11 is 0. The predicted octanol–water partition coefficient (Wildman–Crippen LogP) is 4.90. The molecule has 0 saturated carbocycles. The highest BCUT2D eigenvalue weighted by atomic mass is 15.2. The van der Waals surface area contributed by atoms with Gasteiger partial charge >= 0.3 is 0 Å². The van der Waals surface area contributed by atoms with Crippen LogP contribution in [0.3, 0.4) is 0 Å². The molecule has 0 bridgehead atoms. The van der Waals surface area contributed by atoms with Crippen molar-refractivity contribution < 1.29 is 4.57 Å². The maximum atomic E-state index is 2.46. The number of imidazole rings is 1. The average molecular weight is 325 g/mol. The van der Waals surface area contributed by atoms with Gasteiger partial charge in [-0.3, -0.25) is 0 Å². The fourth-order valence-electron chi connectivity index (χ4n) is 4.37. The minimum atomic E-state index is 0.409. The van der Waals surface area contributed by atoms with Crippen LogP contribution in [0.5, 0.6) is 0 Å². The van der Waals surface area contributed by atoms with Crippen LogP contribution in [0.25, 0.3) is 28.1 Å². The Kier molecular flexibility index (Phi) is 2.93. The number of aromatic nitrogens is 2. The van der Waals surface area contributed by atoms with Gasteiger partial charge in [-0.1, -0.05) is 55.5 Å². The Morgan fingerprint density at radius 1 is 0.840 bits per heavy atom. The van der Waals surface area contributed by atoms with Gasteiger partial charge in [0.1, 0.15) is 5.69 Å². The molecule has 3 aromatic carbocycles. The molecule has 2 heteroatoms. The molecule has 0 radical (unpaired) electrons. The van der Waals surface area contributed by atoms with E-state index in [1.54, 1.807) is 0 Å². The van der Waals surface area contributed by atoms with E-state index < -0.39 is 0 Å². The van der Waals surface area contributed by atoms with Crippen molar-refractivity contribution in [2.24, 2.45) is 7.05 Å². The molecule has 0 amide bonds. The first kappa shape index (κ1) is 14.5. The zero-order chi connectivity index (χ0) is 17.1. The maximum Gasteiger partial charge on any atom is 0.295 e. The predicted molar refractivity (Wildman–Crippen MR) is 102 cm³/mol. The molecule has 1 aromatic heterocycles. The highest BCUT2D eigenvalue weighted by molar-refractivity contribution is 5.86. The van der Waals surface area contributed by atoms with E-state index in [9.17, 15) is 0 Å². The highest BCUT2D eigenvalue weighted by Gasteiger charge is 2.35. The Morgan fingerprint density at radius 3 is 2.40 bits per heavy atom. The van der Waals surface area contributed by atoms with E-state index in [4.69, 9.17) is 0 Å². The smallest absolute Gasteiger partial charge is 0.225 e. The molecule has 122 valence electrons. The third kappa shape index (κ3) is 1.82. The van der Waals surface area contributed by atoms with Crippen molar-refractivity contribution in [2.75, 3.05) is 0 Å². The molecule has 0 aliphatic carbocycles. The van der Waals surface area contributed by atoms with Crippen LogP contribution in [-0.4, -0.2) is 4.57 Å². The van der Waals surface area contributed by atoms with Gasteiger partial charge in [-0.15, -0.1) is 0 Å². The normalized spacial score (nSPS) is 15.4. The number of nitrogens with zero attached hydrogens (tertiary/aromatic N) is 2. The fraction of sp³-hybridized carbons (Fsp3) is 0.174. The van der Waals surface area contributed by atoms with E-state index in [0.29, 0.717) is 5.92 Å². The molecule has 1 aliphatic rings. The second-order valence-corrected chi connectivity index (χ2v) is 7.03. The molecule has 0 spiro atoms. The first-order chi connectivity index (χ1) is 12.2. The van der Waals surface area contributed by atoms with Crippen LogP contribution < -0.4 is 4.57 Å². The van der Waals surface area contributed by atoms with Crippen molar-refractivity contribution in [3.05, 3.63) is 83.4 Å². The average Bonchev–Trinajstić information content (AvgIpc) is 2.94. The first-order valence-corrected chi connectivity index (χ1v) is 8.87. The third-order valence-corrected chi connectivity index (χ3v) is 5.66. The zero-order valence-corrected chi connectivity index (χ0v) is 14.8. The molecule has 1 atom stereocenters. The summed E-state index contributed by atoms with van der Waals surface area (Å²) in [6, 6.07) is 24.2. The summed E-state index contributed by atoms with van der Waals surface area (Å²) in [5.74, 6) is 1.66. The van der Waals surface area contributed by atoms with Gasteiger partial charge in [-0.25, -0.2) is 4.57 Å². The summed E-state index contributed by atoms with van der Waals surface area (Å²) in [6.07, 6.45) is 0. The standard InChI is InChI=1S/C23H21N2/c1-15-9-4-5-10-17(15)23-24(3)21-14-8-12-19-16(2)18-11-6-7-13-20(18)25(23)22(19)21/h4-14,16H,1-3H3/q+1. The largest absolute Gasteiger partial charge is 0.295 e. The van der Waals surface area contributed by atoms with Crippen molar-refractivity contribution in [3.63, 3.8) is 0 Å². The van der Waals surface area contributed by atoms with Gasteiger partial charge in [0.15, 0.2) is 11.0 Å². The molecule has 2 heterocycles. The third-order valence-electron chi connectivity index (χ3n) is 5.66. The minimum Gasteiger partial charge on any atom is -0.225 e. The zero-order valence-electron chi connectivity index (χ0n) is 14.8. The van der Waals surface area contributed by atoms with Crippen LogP contribution in [0.1, 0.15) is 29.5 Å². The first-order valence-electron chi connectivity index (χ1n) is 8.87. The van der Waals surface area contributed by atoms with E-state index in [-0.39, 0.29) is 0 Å². The van der Waals surface area contributed by atoms with Gasteiger partial charge in [0, 0.05) is 17.0 Å². The number of rotatable bonds is 1. The Balaban J connectivity index is 2.02. The van der Waals surface area contributed by atoms with Gasteiger partial charge in [-0.05, 0) is 30.7 Å². The molecule has 0 fully saturated rings. The molecule has 5 rings (SSSR count). The maximum absolute atomic E-state index is 2.46. The molecule has 0 N–H and O–H groups in total. The summed E-state index contributed by atoms with van der Waals surface area (Å²) in [4.78, 5) is 0. The molecular formula is C23H21N2+. The van der Waals surface area contributed by atoms with Gasteiger partial charge < -0.3 is 0 Å². The van der Waals surface area contributed by atoms with E-state index in [2.05, 4.69) is 96.8 Å². The number of hydrogen-bond donors (Lipinski definition) is 0. The minimum absolute atomic E-state index is 0.409. The molecule has 0 saturated heterocycles. The van der Waals surface area contributed by atoms with E-state index in [1.807, 2.05) is 0 Å². The second-order valence-electron chi connectivity index (χ2n) is 7.03. The van der Waals surface area contributed by atoms with Crippen molar-refractivity contribution >= 4 is 11.0 Å². The Bertz CT molecular complexity index is 1130. The van der Waals surface area contributed by atoms with Gasteiger partial charge in [0.25, 0.3) is 5.82 Å². The summed E-state index contributed by atoms with van der Waals surface area (Å²) in [5, 5.41) is 0. The topological polar surface area (TPSA) is 8.81 Å². The number of para-hydroxylation sites is 2. The Hall–Kier alpha value is -2.87. The van der Waals surface area contributed by atoms with Crippen molar-refractivity contribution in [2.45, 2.75) is 19.8 Å². The van der Waals surface area contributed by atoms with Crippen LogP contribution in [0, 0.1) is 6.92 Å². The Morgan fingerprint density at radius 2 is 1.56 bits per heavy atom. The van der Waals surface area contributed by atoms with Crippen LogP contribution in [-0.2, 0) is 7.05 Å². The number of benzene rings is 3.